The Hall–Kier alpha value is -1.42. The third-order valence-electron chi connectivity index (χ3n) is 2.23. The number of rotatable bonds is 2. The van der Waals surface area contributed by atoms with Crippen LogP contribution in [0.1, 0.15) is 12.5 Å². The van der Waals surface area contributed by atoms with E-state index in [1.54, 1.807) is 18.2 Å². The topological polar surface area (TPSA) is 0 Å². The SMILES string of the molecule is CCc1ccccc1.FC(F)(F)Sc1ccccc1. The number of alkyl halides is 3. The summed E-state index contributed by atoms with van der Waals surface area (Å²) in [5, 5.41) is 0. The Kier molecular flexibility index (Phi) is 6.50. The van der Waals surface area contributed by atoms with Gasteiger partial charge in [0.05, 0.1) is 0 Å². The minimum absolute atomic E-state index is 0.0993. The van der Waals surface area contributed by atoms with Crippen LogP contribution in [0.2, 0.25) is 0 Å². The van der Waals surface area contributed by atoms with Crippen molar-refractivity contribution in [3.63, 3.8) is 0 Å². The lowest BCUT2D eigenvalue weighted by molar-refractivity contribution is -0.0328. The number of thioether (sulfide) groups is 1. The summed E-state index contributed by atoms with van der Waals surface area (Å²) < 4.78 is 35.1. The van der Waals surface area contributed by atoms with Gasteiger partial charge in [-0.2, -0.15) is 13.2 Å². The third kappa shape index (κ3) is 7.57. The molecule has 0 nitrogen and oxygen atoms in total. The zero-order valence-electron chi connectivity index (χ0n) is 10.5. The smallest absolute Gasteiger partial charge is 0.160 e. The Bertz CT molecular complexity index is 452. The van der Waals surface area contributed by atoms with E-state index in [9.17, 15) is 13.2 Å². The molecule has 2 rings (SSSR count). The lowest BCUT2D eigenvalue weighted by atomic mass is 10.2. The predicted octanol–water partition coefficient (Wildman–Crippen LogP) is 5.55. The summed E-state index contributed by atoms with van der Waals surface area (Å²) in [7, 11) is 0. The summed E-state index contributed by atoms with van der Waals surface area (Å²) in [6, 6.07) is 18.1. The van der Waals surface area contributed by atoms with Crippen molar-refractivity contribution in [2.45, 2.75) is 23.7 Å². The molecule has 102 valence electrons. The molecule has 0 aliphatic rings. The Labute approximate surface area is 115 Å². The van der Waals surface area contributed by atoms with Crippen molar-refractivity contribution in [1.29, 1.82) is 0 Å². The van der Waals surface area contributed by atoms with Crippen LogP contribution in [0.3, 0.4) is 0 Å². The van der Waals surface area contributed by atoms with Crippen molar-refractivity contribution in [3.05, 3.63) is 66.2 Å². The van der Waals surface area contributed by atoms with E-state index in [4.69, 9.17) is 0 Å². The van der Waals surface area contributed by atoms with E-state index in [1.165, 1.54) is 17.7 Å². The van der Waals surface area contributed by atoms with Crippen LogP contribution in [0, 0.1) is 0 Å². The van der Waals surface area contributed by atoms with Crippen molar-refractivity contribution in [3.8, 4) is 0 Å². The molecule has 0 amide bonds. The van der Waals surface area contributed by atoms with Gasteiger partial charge in [-0.25, -0.2) is 0 Å². The van der Waals surface area contributed by atoms with Gasteiger partial charge in [-0.05, 0) is 35.9 Å². The lowest BCUT2D eigenvalue weighted by Gasteiger charge is -2.03. The van der Waals surface area contributed by atoms with Gasteiger partial charge in [0.1, 0.15) is 0 Å². The van der Waals surface area contributed by atoms with Crippen LogP contribution < -0.4 is 0 Å². The van der Waals surface area contributed by atoms with Crippen LogP contribution in [0.15, 0.2) is 65.6 Å². The van der Waals surface area contributed by atoms with Gasteiger partial charge in [0.25, 0.3) is 0 Å². The van der Waals surface area contributed by atoms with E-state index in [0.717, 1.165) is 6.42 Å². The van der Waals surface area contributed by atoms with Crippen molar-refractivity contribution >= 4 is 11.8 Å². The van der Waals surface area contributed by atoms with Gasteiger partial charge in [0.15, 0.2) is 0 Å². The molecule has 0 N–H and O–H groups in total. The van der Waals surface area contributed by atoms with Gasteiger partial charge < -0.3 is 0 Å². The first-order chi connectivity index (χ1) is 9.01. The first-order valence-corrected chi connectivity index (χ1v) is 6.67. The molecule has 2 aromatic rings. The highest BCUT2D eigenvalue weighted by Crippen LogP contribution is 2.36. The fourth-order valence-corrected chi connectivity index (χ4v) is 1.90. The number of benzene rings is 2. The first kappa shape index (κ1) is 15.6. The molecule has 0 bridgehead atoms. The van der Waals surface area contributed by atoms with E-state index >= 15 is 0 Å². The first-order valence-electron chi connectivity index (χ1n) is 5.86. The maximum atomic E-state index is 11.7. The number of aryl methyl sites for hydroxylation is 1. The average Bonchev–Trinajstić information content (AvgIpc) is 2.40. The Morgan fingerprint density at radius 3 is 1.68 bits per heavy atom. The van der Waals surface area contributed by atoms with Crippen molar-refractivity contribution < 1.29 is 13.2 Å². The second kappa shape index (κ2) is 7.89. The second-order valence-electron chi connectivity index (χ2n) is 3.70. The molecule has 0 radical (unpaired) electrons. The van der Waals surface area contributed by atoms with Crippen molar-refractivity contribution in [2.24, 2.45) is 0 Å². The molecule has 2 aromatic carbocycles. The standard InChI is InChI=1S/C8H10.C7H5F3S/c1-2-8-6-4-3-5-7-8;8-7(9,10)11-6-4-2-1-3-5-6/h3-7H,2H2,1H3;1-5H. The molecule has 0 unspecified atom stereocenters. The highest BCUT2D eigenvalue weighted by molar-refractivity contribution is 8.00. The van der Waals surface area contributed by atoms with Gasteiger partial charge in [-0.3, -0.25) is 0 Å². The van der Waals surface area contributed by atoms with E-state index < -0.39 is 5.51 Å². The molecule has 0 fully saturated rings. The van der Waals surface area contributed by atoms with Crippen LogP contribution in [0.25, 0.3) is 0 Å². The Morgan fingerprint density at radius 1 is 0.842 bits per heavy atom. The third-order valence-corrected chi connectivity index (χ3v) is 2.97. The zero-order chi connectivity index (χ0) is 14.1. The summed E-state index contributed by atoms with van der Waals surface area (Å²) in [6.45, 7) is 2.16. The van der Waals surface area contributed by atoms with Crippen LogP contribution in [-0.2, 0) is 6.42 Å². The minimum atomic E-state index is -4.18. The molecular formula is C15H15F3S. The van der Waals surface area contributed by atoms with Crippen LogP contribution >= 0.6 is 11.8 Å². The summed E-state index contributed by atoms with van der Waals surface area (Å²) in [6.07, 6.45) is 1.14. The van der Waals surface area contributed by atoms with E-state index in [0.29, 0.717) is 0 Å². The quantitative estimate of drug-likeness (QED) is 0.652. The van der Waals surface area contributed by atoms with Gasteiger partial charge in [0, 0.05) is 4.90 Å². The van der Waals surface area contributed by atoms with Crippen LogP contribution in [0.4, 0.5) is 13.2 Å². The molecule has 0 spiro atoms. The molecule has 0 heterocycles. The number of hydrogen-bond donors (Lipinski definition) is 0. The molecule has 19 heavy (non-hydrogen) atoms. The minimum Gasteiger partial charge on any atom is -0.160 e. The Balaban J connectivity index is 0.000000200. The second-order valence-corrected chi connectivity index (χ2v) is 4.84. The molecule has 0 aromatic heterocycles. The Morgan fingerprint density at radius 2 is 1.32 bits per heavy atom. The molecule has 4 heteroatoms. The largest absolute Gasteiger partial charge is 0.446 e. The number of halogens is 3. The van der Waals surface area contributed by atoms with Gasteiger partial charge in [-0.1, -0.05) is 55.5 Å². The van der Waals surface area contributed by atoms with E-state index in [-0.39, 0.29) is 16.7 Å². The normalized spacial score (nSPS) is 10.5. The van der Waals surface area contributed by atoms with Crippen LogP contribution in [0.5, 0.6) is 0 Å². The maximum absolute atomic E-state index is 11.7. The summed E-state index contributed by atoms with van der Waals surface area (Å²) in [5.41, 5.74) is -2.77. The van der Waals surface area contributed by atoms with Gasteiger partial charge in [0.2, 0.25) is 0 Å². The predicted molar refractivity (Wildman–Crippen MR) is 74.2 cm³/mol. The summed E-state index contributed by atoms with van der Waals surface area (Å²) in [5.74, 6) is 0. The zero-order valence-corrected chi connectivity index (χ0v) is 11.3. The molecule has 0 aliphatic heterocycles. The maximum Gasteiger partial charge on any atom is 0.446 e. The highest BCUT2D eigenvalue weighted by Gasteiger charge is 2.28. The molecule has 0 aliphatic carbocycles. The van der Waals surface area contributed by atoms with E-state index in [1.807, 2.05) is 6.07 Å². The van der Waals surface area contributed by atoms with Crippen molar-refractivity contribution in [2.75, 3.05) is 0 Å². The monoisotopic (exact) mass is 284 g/mol. The fraction of sp³-hybridized carbons (Fsp3) is 0.200. The molecule has 0 atom stereocenters. The van der Waals surface area contributed by atoms with Gasteiger partial charge in [-0.15, -0.1) is 0 Å². The van der Waals surface area contributed by atoms with Crippen molar-refractivity contribution in [1.82, 2.24) is 0 Å². The van der Waals surface area contributed by atoms with E-state index in [2.05, 4.69) is 31.2 Å². The molecular weight excluding hydrogens is 269 g/mol. The fourth-order valence-electron chi connectivity index (χ4n) is 1.34. The highest BCUT2D eigenvalue weighted by atomic mass is 32.2. The molecule has 0 saturated carbocycles. The van der Waals surface area contributed by atoms with Gasteiger partial charge >= 0.3 is 5.51 Å². The van der Waals surface area contributed by atoms with Crippen LogP contribution in [-0.4, -0.2) is 5.51 Å². The molecule has 0 saturated heterocycles. The lowest BCUT2D eigenvalue weighted by Crippen LogP contribution is -1.98. The summed E-state index contributed by atoms with van der Waals surface area (Å²) in [4.78, 5) is 0.222. The number of hydrogen-bond acceptors (Lipinski definition) is 1. The average molecular weight is 284 g/mol. The summed E-state index contributed by atoms with van der Waals surface area (Å²) >= 11 is -0.0993.